The molecule has 4 heteroatoms. The molecule has 2 rings (SSSR count). The Morgan fingerprint density at radius 3 is 1.77 bits per heavy atom. The van der Waals surface area contributed by atoms with Crippen molar-refractivity contribution in [2.24, 2.45) is 0 Å². The molecule has 0 saturated heterocycles. The second-order valence-electron chi connectivity index (χ2n) is 6.41. The first kappa shape index (κ1) is 19.9. The molecular weight excluding hydrogens is 326 g/mol. The summed E-state index contributed by atoms with van der Waals surface area (Å²) >= 11 is 0. The zero-order valence-corrected chi connectivity index (χ0v) is 15.9. The van der Waals surface area contributed by atoms with Crippen molar-refractivity contribution in [3.8, 4) is 5.75 Å². The van der Waals surface area contributed by atoms with E-state index in [1.165, 1.54) is 0 Å². The van der Waals surface area contributed by atoms with Crippen LogP contribution in [0.25, 0.3) is 0 Å². The van der Waals surface area contributed by atoms with Crippen LogP contribution in [0.3, 0.4) is 0 Å². The lowest BCUT2D eigenvalue weighted by atomic mass is 10.0. The molecule has 0 aliphatic heterocycles. The Kier molecular flexibility index (Phi) is 7.10. The third kappa shape index (κ3) is 4.79. The van der Waals surface area contributed by atoms with E-state index < -0.39 is 11.6 Å². The molecular formula is C22H28NO3+. The van der Waals surface area contributed by atoms with Crippen LogP contribution in [0.5, 0.6) is 5.75 Å². The molecule has 0 radical (unpaired) electrons. The highest BCUT2D eigenvalue weighted by molar-refractivity contribution is 6.49. The van der Waals surface area contributed by atoms with Crippen LogP contribution in [0.15, 0.2) is 54.6 Å². The van der Waals surface area contributed by atoms with Gasteiger partial charge in [-0.15, -0.1) is 0 Å². The lowest BCUT2D eigenvalue weighted by molar-refractivity contribution is -0.923. The van der Waals surface area contributed by atoms with Gasteiger partial charge in [0.2, 0.25) is 11.6 Å². The first-order valence-electron chi connectivity index (χ1n) is 9.27. The van der Waals surface area contributed by atoms with Crippen molar-refractivity contribution in [2.75, 3.05) is 32.8 Å². The van der Waals surface area contributed by atoms with E-state index in [1.807, 2.05) is 6.07 Å². The molecule has 26 heavy (non-hydrogen) atoms. The molecule has 0 atom stereocenters. The summed E-state index contributed by atoms with van der Waals surface area (Å²) in [4.78, 5) is 24.6. The number of rotatable bonds is 10. The fourth-order valence-corrected chi connectivity index (χ4v) is 3.06. The number of carbonyl (C=O) groups is 2. The fourth-order valence-electron chi connectivity index (χ4n) is 3.06. The Hall–Kier alpha value is -2.46. The summed E-state index contributed by atoms with van der Waals surface area (Å²) in [7, 11) is 0. The molecule has 0 spiro atoms. The van der Waals surface area contributed by atoms with Gasteiger partial charge in [-0.25, -0.2) is 0 Å². The summed E-state index contributed by atoms with van der Waals surface area (Å²) in [6.45, 7) is 11.5. The Labute approximate surface area is 156 Å². The second-order valence-corrected chi connectivity index (χ2v) is 6.41. The van der Waals surface area contributed by atoms with Gasteiger partial charge in [0.25, 0.3) is 0 Å². The van der Waals surface area contributed by atoms with Crippen LogP contribution in [0.1, 0.15) is 41.5 Å². The smallest absolute Gasteiger partial charge is 0.233 e. The molecule has 0 aromatic heterocycles. The van der Waals surface area contributed by atoms with Gasteiger partial charge in [0.15, 0.2) is 0 Å². The van der Waals surface area contributed by atoms with E-state index in [0.29, 0.717) is 17.7 Å². The van der Waals surface area contributed by atoms with Gasteiger partial charge in [-0.1, -0.05) is 30.3 Å². The molecule has 0 aliphatic carbocycles. The first-order chi connectivity index (χ1) is 12.5. The van der Waals surface area contributed by atoms with Crippen LogP contribution in [0.4, 0.5) is 0 Å². The van der Waals surface area contributed by atoms with E-state index in [4.69, 9.17) is 4.74 Å². The number of ether oxygens (including phenoxy) is 1. The number of likely N-dealkylation sites (N-methyl/N-ethyl adjacent to an activating group) is 1. The molecule has 0 amide bonds. The lowest BCUT2D eigenvalue weighted by Crippen LogP contribution is -2.49. The highest BCUT2D eigenvalue weighted by atomic mass is 16.5. The Morgan fingerprint density at radius 2 is 1.27 bits per heavy atom. The summed E-state index contributed by atoms with van der Waals surface area (Å²) < 4.78 is 6.86. The zero-order valence-electron chi connectivity index (χ0n) is 15.9. The highest BCUT2D eigenvalue weighted by Crippen LogP contribution is 2.15. The van der Waals surface area contributed by atoms with Gasteiger partial charge in [0.1, 0.15) is 18.9 Å². The van der Waals surface area contributed by atoms with E-state index in [9.17, 15) is 9.59 Å². The van der Waals surface area contributed by atoms with E-state index in [-0.39, 0.29) is 0 Å². The molecule has 0 aliphatic rings. The fraction of sp³-hybridized carbons (Fsp3) is 0.364. The molecule has 0 fully saturated rings. The number of quaternary nitrogens is 1. The number of nitrogens with zero attached hydrogens (tertiary/aromatic N) is 1. The minimum atomic E-state index is -0.499. The van der Waals surface area contributed by atoms with E-state index in [0.717, 1.165) is 36.4 Å². The van der Waals surface area contributed by atoms with Crippen molar-refractivity contribution in [1.82, 2.24) is 0 Å². The van der Waals surface area contributed by atoms with E-state index in [2.05, 4.69) is 20.8 Å². The Bertz CT molecular complexity index is 711. The van der Waals surface area contributed by atoms with Crippen molar-refractivity contribution < 1.29 is 18.8 Å². The lowest BCUT2D eigenvalue weighted by Gasteiger charge is -2.35. The standard InChI is InChI=1S/C22H28NO3/c1-4-23(5-2,6-3)16-17-26-20-14-12-19(13-15-20)22(25)21(24)18-10-8-7-9-11-18/h7-15H,4-6,16-17H2,1-3H3/q+1. The molecule has 0 heterocycles. The Balaban J connectivity index is 1.96. The Morgan fingerprint density at radius 1 is 0.769 bits per heavy atom. The summed E-state index contributed by atoms with van der Waals surface area (Å²) in [6.07, 6.45) is 0. The highest BCUT2D eigenvalue weighted by Gasteiger charge is 2.21. The average Bonchev–Trinajstić information content (AvgIpc) is 2.71. The van der Waals surface area contributed by atoms with Crippen molar-refractivity contribution in [3.05, 3.63) is 65.7 Å². The quantitative estimate of drug-likeness (QED) is 0.368. The van der Waals surface area contributed by atoms with Gasteiger partial charge in [0.05, 0.1) is 19.6 Å². The molecule has 4 nitrogen and oxygen atoms in total. The van der Waals surface area contributed by atoms with Crippen LogP contribution in [0.2, 0.25) is 0 Å². The van der Waals surface area contributed by atoms with Crippen LogP contribution in [-0.4, -0.2) is 48.8 Å². The van der Waals surface area contributed by atoms with Crippen LogP contribution in [-0.2, 0) is 0 Å². The van der Waals surface area contributed by atoms with Gasteiger partial charge < -0.3 is 9.22 Å². The molecule has 0 N–H and O–H groups in total. The summed E-state index contributed by atoms with van der Waals surface area (Å²) in [5, 5.41) is 0. The average molecular weight is 354 g/mol. The maximum atomic E-state index is 12.3. The molecule has 0 unspecified atom stereocenters. The maximum Gasteiger partial charge on any atom is 0.233 e. The number of benzene rings is 2. The zero-order chi connectivity index (χ0) is 19.0. The predicted molar refractivity (Wildman–Crippen MR) is 104 cm³/mol. The van der Waals surface area contributed by atoms with Crippen molar-refractivity contribution >= 4 is 11.6 Å². The first-order valence-corrected chi connectivity index (χ1v) is 9.27. The second kappa shape index (κ2) is 9.30. The molecule has 138 valence electrons. The third-order valence-electron chi connectivity index (χ3n) is 5.21. The van der Waals surface area contributed by atoms with Crippen LogP contribution >= 0.6 is 0 Å². The molecule has 0 saturated carbocycles. The number of carbonyl (C=O) groups excluding carboxylic acids is 2. The van der Waals surface area contributed by atoms with Crippen molar-refractivity contribution in [1.29, 1.82) is 0 Å². The van der Waals surface area contributed by atoms with Gasteiger partial charge >= 0.3 is 0 Å². The minimum absolute atomic E-state index is 0.381. The summed E-state index contributed by atoms with van der Waals surface area (Å²) in [5.41, 5.74) is 0.789. The SMILES string of the molecule is CC[N+](CC)(CC)CCOc1ccc(C(=O)C(=O)c2ccccc2)cc1. The number of Topliss-reactive ketones (excluding diaryl/α,β-unsaturated/α-hetero) is 2. The third-order valence-corrected chi connectivity index (χ3v) is 5.21. The molecule has 0 bridgehead atoms. The number of ketones is 2. The monoisotopic (exact) mass is 354 g/mol. The van der Waals surface area contributed by atoms with Gasteiger partial charge in [-0.05, 0) is 45.0 Å². The van der Waals surface area contributed by atoms with Gasteiger partial charge in [-0.2, -0.15) is 0 Å². The van der Waals surface area contributed by atoms with Crippen LogP contribution in [0, 0.1) is 0 Å². The largest absolute Gasteiger partial charge is 0.488 e. The molecule has 2 aromatic rings. The van der Waals surface area contributed by atoms with Crippen molar-refractivity contribution in [2.45, 2.75) is 20.8 Å². The normalized spacial score (nSPS) is 11.2. The van der Waals surface area contributed by atoms with Gasteiger partial charge in [-0.3, -0.25) is 9.59 Å². The van der Waals surface area contributed by atoms with Gasteiger partial charge in [0, 0.05) is 11.1 Å². The van der Waals surface area contributed by atoms with E-state index >= 15 is 0 Å². The minimum Gasteiger partial charge on any atom is -0.488 e. The van der Waals surface area contributed by atoms with Crippen LogP contribution < -0.4 is 4.74 Å². The maximum absolute atomic E-state index is 12.3. The van der Waals surface area contributed by atoms with E-state index in [1.54, 1.807) is 48.5 Å². The molecule has 2 aromatic carbocycles. The van der Waals surface area contributed by atoms with Crippen molar-refractivity contribution in [3.63, 3.8) is 0 Å². The number of hydrogen-bond donors (Lipinski definition) is 0. The summed E-state index contributed by atoms with van der Waals surface area (Å²) in [6, 6.07) is 15.4. The number of hydrogen-bond acceptors (Lipinski definition) is 3. The summed E-state index contributed by atoms with van der Waals surface area (Å²) in [5.74, 6) is -0.272. The topological polar surface area (TPSA) is 43.4 Å². The predicted octanol–water partition coefficient (Wildman–Crippen LogP) is 4.01.